The second kappa shape index (κ2) is 23.5. The standard InChI is InChI=1S/C42H48N2O20/c1-21(45)53-19-33-35(55-23(3)47)37(57-25(5)49)39(59-27(7)51)41(63-33)61-31-15-11-9-13-29(31)17-43-44-18-30-14-10-12-16-32(30)62-42-40(60-28(8)52)38(58-26(6)50)36(56-24(4)48)34(64-42)20-54-22(2)46/h9-18,33-42H,19-20H2,1-8H3/t33-,34+,35+,36-,37+,38-,39-,40+,41+,42-. The van der Waals surface area contributed by atoms with Gasteiger partial charge in [-0.3, -0.25) is 38.4 Å². The lowest BCUT2D eigenvalue weighted by molar-refractivity contribution is -0.288. The Hall–Kier alpha value is -6.94. The van der Waals surface area contributed by atoms with Crippen LogP contribution in [-0.2, 0) is 85.7 Å². The zero-order chi connectivity index (χ0) is 47.1. The molecule has 2 aromatic rings. The lowest BCUT2D eigenvalue weighted by Gasteiger charge is -2.44. The summed E-state index contributed by atoms with van der Waals surface area (Å²) in [5, 5.41) is 8.28. The number of benzene rings is 2. The van der Waals surface area contributed by atoms with E-state index in [0.29, 0.717) is 11.1 Å². The predicted octanol–water partition coefficient (Wildman–Crippen LogP) is 2.06. The van der Waals surface area contributed by atoms with Crippen LogP contribution >= 0.6 is 0 Å². The minimum absolute atomic E-state index is 0.106. The van der Waals surface area contributed by atoms with E-state index in [1.165, 1.54) is 24.6 Å². The Morgan fingerprint density at radius 1 is 0.438 bits per heavy atom. The monoisotopic (exact) mass is 900 g/mol. The number of rotatable bonds is 17. The van der Waals surface area contributed by atoms with Crippen molar-refractivity contribution in [2.45, 2.75) is 117 Å². The Bertz CT molecular complexity index is 1940. The van der Waals surface area contributed by atoms with Gasteiger partial charge < -0.3 is 56.8 Å². The third-order valence-electron chi connectivity index (χ3n) is 8.68. The fourth-order valence-electron chi connectivity index (χ4n) is 6.40. The van der Waals surface area contributed by atoms with Crippen molar-refractivity contribution in [2.24, 2.45) is 10.2 Å². The minimum Gasteiger partial charge on any atom is -0.463 e. The maximum absolute atomic E-state index is 12.3. The molecule has 346 valence electrons. The Balaban J connectivity index is 1.64. The summed E-state index contributed by atoms with van der Waals surface area (Å²) in [6.07, 6.45) is -11.7. The number of hydrogen-bond acceptors (Lipinski definition) is 22. The number of nitrogens with zero attached hydrogens (tertiary/aromatic N) is 2. The van der Waals surface area contributed by atoms with Gasteiger partial charge in [0.2, 0.25) is 24.8 Å². The summed E-state index contributed by atoms with van der Waals surface area (Å²) in [5.41, 5.74) is 0.629. The van der Waals surface area contributed by atoms with E-state index in [1.807, 2.05) is 0 Å². The van der Waals surface area contributed by atoms with E-state index in [1.54, 1.807) is 36.4 Å². The molecule has 22 heteroatoms. The molecule has 2 fully saturated rings. The molecule has 2 aromatic carbocycles. The topological polar surface area (TPSA) is 272 Å². The molecule has 0 bridgehead atoms. The molecule has 2 saturated heterocycles. The average molecular weight is 901 g/mol. The summed E-state index contributed by atoms with van der Waals surface area (Å²) in [6.45, 7) is 7.94. The molecule has 0 aromatic heterocycles. The summed E-state index contributed by atoms with van der Waals surface area (Å²) in [4.78, 5) is 96.9. The van der Waals surface area contributed by atoms with E-state index in [2.05, 4.69) is 10.2 Å². The number of ether oxygens (including phenoxy) is 12. The first-order chi connectivity index (χ1) is 30.3. The molecule has 10 atom stereocenters. The van der Waals surface area contributed by atoms with E-state index in [9.17, 15) is 38.4 Å². The van der Waals surface area contributed by atoms with Gasteiger partial charge in [0, 0.05) is 66.5 Å². The molecule has 0 N–H and O–H groups in total. The highest BCUT2D eigenvalue weighted by atomic mass is 16.7. The maximum atomic E-state index is 12.3. The van der Waals surface area contributed by atoms with Gasteiger partial charge in [-0.2, -0.15) is 10.2 Å². The molecule has 0 radical (unpaired) electrons. The van der Waals surface area contributed by atoms with Gasteiger partial charge >= 0.3 is 47.8 Å². The molecule has 0 spiro atoms. The fourth-order valence-corrected chi connectivity index (χ4v) is 6.40. The molecular formula is C42H48N2O20. The summed E-state index contributed by atoms with van der Waals surface area (Å²) in [6, 6.07) is 12.8. The van der Waals surface area contributed by atoms with Crippen LogP contribution in [0.3, 0.4) is 0 Å². The van der Waals surface area contributed by atoms with Crippen molar-refractivity contribution in [3.63, 3.8) is 0 Å². The summed E-state index contributed by atoms with van der Waals surface area (Å²) < 4.78 is 67.5. The van der Waals surface area contributed by atoms with Crippen LogP contribution in [0.4, 0.5) is 0 Å². The van der Waals surface area contributed by atoms with Crippen LogP contribution < -0.4 is 9.47 Å². The number of carbonyl (C=O) groups excluding carboxylic acids is 8. The largest absolute Gasteiger partial charge is 0.463 e. The summed E-state index contributed by atoms with van der Waals surface area (Å²) >= 11 is 0. The molecule has 0 saturated carbocycles. The molecule has 2 aliphatic rings. The van der Waals surface area contributed by atoms with Crippen molar-refractivity contribution in [2.75, 3.05) is 13.2 Å². The number of esters is 8. The normalized spacial score (nSPS) is 25.2. The van der Waals surface area contributed by atoms with E-state index < -0.39 is 122 Å². The maximum Gasteiger partial charge on any atom is 0.303 e. The van der Waals surface area contributed by atoms with Gasteiger partial charge in [-0.1, -0.05) is 24.3 Å². The van der Waals surface area contributed by atoms with Gasteiger partial charge in [0.25, 0.3) is 0 Å². The van der Waals surface area contributed by atoms with E-state index in [0.717, 1.165) is 55.4 Å². The lowest BCUT2D eigenvalue weighted by atomic mass is 9.98. The molecule has 64 heavy (non-hydrogen) atoms. The third kappa shape index (κ3) is 14.9. The Kier molecular flexibility index (Phi) is 18.2. The quantitative estimate of drug-likeness (QED) is 0.0951. The van der Waals surface area contributed by atoms with Crippen LogP contribution in [0.5, 0.6) is 11.5 Å². The minimum atomic E-state index is -1.53. The zero-order valence-electron chi connectivity index (χ0n) is 36.0. The Labute approximate surface area is 366 Å². The number of carbonyl (C=O) groups is 8. The highest BCUT2D eigenvalue weighted by Gasteiger charge is 2.55. The Morgan fingerprint density at radius 3 is 1.05 bits per heavy atom. The van der Waals surface area contributed by atoms with Gasteiger partial charge in [0.05, 0.1) is 12.4 Å². The van der Waals surface area contributed by atoms with Gasteiger partial charge in [-0.15, -0.1) is 0 Å². The second-order valence-corrected chi connectivity index (χ2v) is 13.9. The van der Waals surface area contributed by atoms with Gasteiger partial charge in [0.1, 0.15) is 36.9 Å². The highest BCUT2D eigenvalue weighted by molar-refractivity contribution is 5.86. The predicted molar refractivity (Wildman–Crippen MR) is 213 cm³/mol. The van der Waals surface area contributed by atoms with Crippen molar-refractivity contribution in [1.82, 2.24) is 0 Å². The third-order valence-corrected chi connectivity index (χ3v) is 8.68. The van der Waals surface area contributed by atoms with Crippen LogP contribution in [0.1, 0.15) is 66.5 Å². The van der Waals surface area contributed by atoms with Crippen molar-refractivity contribution in [3.05, 3.63) is 59.7 Å². The van der Waals surface area contributed by atoms with Gasteiger partial charge in [0.15, 0.2) is 24.4 Å². The van der Waals surface area contributed by atoms with E-state index in [4.69, 9.17) is 56.8 Å². The van der Waals surface area contributed by atoms with Crippen LogP contribution in [-0.4, -0.2) is 135 Å². The molecule has 0 unspecified atom stereocenters. The fraction of sp³-hybridized carbons (Fsp3) is 0.476. The molecule has 2 aliphatic heterocycles. The molecule has 2 heterocycles. The molecule has 0 aliphatic carbocycles. The first-order valence-electron chi connectivity index (χ1n) is 19.5. The van der Waals surface area contributed by atoms with Crippen molar-refractivity contribution in [1.29, 1.82) is 0 Å². The average Bonchev–Trinajstić information content (AvgIpc) is 3.19. The SMILES string of the molecule is CC(=O)OC[C@@H]1O[C@@H](Oc2ccccc2C=NN=Cc2ccccc2O[C@H]2O[C@H](COC(C)=O)[C@H](OC(C)=O)[C@H](OC(C)=O)[C@H]2OC(C)=O)[C@@H](OC(C)=O)[C@H](OC(C)=O)[C@@H]1OC(C)=O. The van der Waals surface area contributed by atoms with E-state index >= 15 is 0 Å². The van der Waals surface area contributed by atoms with Gasteiger partial charge in [-0.25, -0.2) is 0 Å². The summed E-state index contributed by atoms with van der Waals surface area (Å²) in [5.74, 6) is -6.03. The summed E-state index contributed by atoms with van der Waals surface area (Å²) in [7, 11) is 0. The highest BCUT2D eigenvalue weighted by Crippen LogP contribution is 2.33. The zero-order valence-corrected chi connectivity index (χ0v) is 36.0. The van der Waals surface area contributed by atoms with Crippen LogP contribution in [0.25, 0.3) is 0 Å². The number of hydrogen-bond donors (Lipinski definition) is 0. The van der Waals surface area contributed by atoms with E-state index in [-0.39, 0.29) is 11.5 Å². The lowest BCUT2D eigenvalue weighted by Crippen LogP contribution is -2.63. The van der Waals surface area contributed by atoms with Crippen molar-refractivity contribution < 1.29 is 95.2 Å². The first-order valence-corrected chi connectivity index (χ1v) is 19.5. The number of para-hydroxylation sites is 2. The van der Waals surface area contributed by atoms with Crippen LogP contribution in [0.15, 0.2) is 58.7 Å². The van der Waals surface area contributed by atoms with Gasteiger partial charge in [-0.05, 0) is 24.3 Å². The van der Waals surface area contributed by atoms with Crippen LogP contribution in [0, 0.1) is 0 Å². The van der Waals surface area contributed by atoms with Crippen molar-refractivity contribution >= 4 is 60.2 Å². The van der Waals surface area contributed by atoms with Crippen LogP contribution in [0.2, 0.25) is 0 Å². The first kappa shape index (κ1) is 49.7. The molecule has 4 rings (SSSR count). The molecule has 0 amide bonds. The molecule has 22 nitrogen and oxygen atoms in total. The Morgan fingerprint density at radius 2 is 0.734 bits per heavy atom. The second-order valence-electron chi connectivity index (χ2n) is 13.9. The smallest absolute Gasteiger partial charge is 0.303 e. The van der Waals surface area contributed by atoms with Crippen molar-refractivity contribution in [3.8, 4) is 11.5 Å². The molecular weight excluding hydrogens is 852 g/mol.